The molecule has 0 aliphatic rings. The van der Waals surface area contributed by atoms with E-state index in [1.54, 1.807) is 12.3 Å². The van der Waals surface area contributed by atoms with Crippen molar-refractivity contribution in [1.82, 2.24) is 10.3 Å². The summed E-state index contributed by atoms with van der Waals surface area (Å²) >= 11 is 0. The second-order valence-electron chi connectivity index (χ2n) is 4.44. The molecule has 0 spiro atoms. The predicted molar refractivity (Wildman–Crippen MR) is 70.1 cm³/mol. The van der Waals surface area contributed by atoms with Gasteiger partial charge in [0, 0.05) is 12.6 Å². The minimum absolute atomic E-state index is 0.419. The van der Waals surface area contributed by atoms with E-state index in [-0.39, 0.29) is 0 Å². The quantitative estimate of drug-likeness (QED) is 0.764. The number of amides is 1. The van der Waals surface area contributed by atoms with Gasteiger partial charge in [-0.1, -0.05) is 20.8 Å². The highest BCUT2D eigenvalue weighted by Gasteiger charge is 2.14. The molecule has 18 heavy (non-hydrogen) atoms. The van der Waals surface area contributed by atoms with E-state index in [1.807, 2.05) is 13.0 Å². The van der Waals surface area contributed by atoms with Crippen LogP contribution in [0.3, 0.4) is 0 Å². The van der Waals surface area contributed by atoms with Gasteiger partial charge in [0.2, 0.25) is 0 Å². The summed E-state index contributed by atoms with van der Waals surface area (Å²) in [5.41, 5.74) is 6.15. The molecule has 0 bridgehead atoms. The van der Waals surface area contributed by atoms with Crippen molar-refractivity contribution in [2.45, 2.75) is 45.9 Å². The highest BCUT2D eigenvalue weighted by atomic mass is 16.5. The molecule has 1 rings (SSSR count). The first-order valence-corrected chi connectivity index (χ1v) is 6.17. The summed E-state index contributed by atoms with van der Waals surface area (Å²) in [4.78, 5) is 15.3. The molecule has 0 aliphatic heterocycles. The fraction of sp³-hybridized carbons (Fsp3) is 0.538. The molecule has 0 aromatic carbocycles. The third kappa shape index (κ3) is 4.71. The molecule has 0 aliphatic carbocycles. The summed E-state index contributed by atoms with van der Waals surface area (Å²) in [6.07, 6.45) is 1.57. The Morgan fingerprint density at radius 2 is 2.22 bits per heavy atom. The summed E-state index contributed by atoms with van der Waals surface area (Å²) in [5.74, 6) is 0.108. The van der Waals surface area contributed by atoms with E-state index in [9.17, 15) is 4.79 Å². The maximum absolute atomic E-state index is 11.0. The van der Waals surface area contributed by atoms with E-state index in [2.05, 4.69) is 24.1 Å². The van der Waals surface area contributed by atoms with Crippen LogP contribution in [0.2, 0.25) is 0 Å². The minimum Gasteiger partial charge on any atom is -0.479 e. The largest absolute Gasteiger partial charge is 0.479 e. The lowest BCUT2D eigenvalue weighted by atomic mass is 10.2. The van der Waals surface area contributed by atoms with Crippen LogP contribution in [0.4, 0.5) is 0 Å². The molecular weight excluding hydrogens is 230 g/mol. The lowest BCUT2D eigenvalue weighted by Crippen LogP contribution is -2.33. The number of carbonyl (C=O) groups is 1. The van der Waals surface area contributed by atoms with E-state index in [0.29, 0.717) is 24.8 Å². The van der Waals surface area contributed by atoms with E-state index in [1.165, 1.54) is 0 Å². The molecule has 5 heteroatoms. The van der Waals surface area contributed by atoms with Crippen molar-refractivity contribution in [1.29, 1.82) is 0 Å². The van der Waals surface area contributed by atoms with Gasteiger partial charge in [0.05, 0.1) is 11.9 Å². The predicted octanol–water partition coefficient (Wildman–Crippen LogP) is 1.22. The number of hydrogen-bond donors (Lipinski definition) is 2. The molecule has 0 saturated heterocycles. The Kier molecular flexibility index (Phi) is 5.58. The lowest BCUT2D eigenvalue weighted by Gasteiger charge is -2.14. The van der Waals surface area contributed by atoms with Crippen LogP contribution in [0.15, 0.2) is 18.3 Å². The monoisotopic (exact) mass is 251 g/mol. The van der Waals surface area contributed by atoms with E-state index >= 15 is 0 Å². The molecule has 0 saturated carbocycles. The van der Waals surface area contributed by atoms with Gasteiger partial charge in [0.1, 0.15) is 5.75 Å². The number of hydrogen-bond acceptors (Lipinski definition) is 4. The van der Waals surface area contributed by atoms with Gasteiger partial charge in [0.15, 0.2) is 6.10 Å². The van der Waals surface area contributed by atoms with E-state index in [4.69, 9.17) is 10.5 Å². The maximum Gasteiger partial charge on any atom is 0.258 e. The van der Waals surface area contributed by atoms with Crippen molar-refractivity contribution >= 4 is 5.91 Å². The number of pyridine rings is 1. The second kappa shape index (κ2) is 6.96. The smallest absolute Gasteiger partial charge is 0.258 e. The SMILES string of the molecule is CCC(Oc1ccc(CNC(C)C)nc1)C(N)=O. The zero-order valence-corrected chi connectivity index (χ0v) is 11.1. The first-order chi connectivity index (χ1) is 8.52. The van der Waals surface area contributed by atoms with Gasteiger partial charge in [-0.2, -0.15) is 0 Å². The van der Waals surface area contributed by atoms with Gasteiger partial charge < -0.3 is 15.8 Å². The van der Waals surface area contributed by atoms with Crippen molar-refractivity contribution in [3.63, 3.8) is 0 Å². The van der Waals surface area contributed by atoms with Crippen LogP contribution in [0.1, 0.15) is 32.9 Å². The Morgan fingerprint density at radius 1 is 1.50 bits per heavy atom. The molecule has 0 radical (unpaired) electrons. The molecule has 1 heterocycles. The van der Waals surface area contributed by atoms with Gasteiger partial charge in [-0.15, -0.1) is 0 Å². The topological polar surface area (TPSA) is 77.2 Å². The molecule has 1 amide bonds. The van der Waals surface area contributed by atoms with Crippen molar-refractivity contribution in [2.75, 3.05) is 0 Å². The van der Waals surface area contributed by atoms with Crippen LogP contribution >= 0.6 is 0 Å². The summed E-state index contributed by atoms with van der Waals surface area (Å²) in [6, 6.07) is 4.09. The number of carbonyl (C=O) groups excluding carboxylic acids is 1. The van der Waals surface area contributed by atoms with Gasteiger partial charge in [-0.05, 0) is 18.6 Å². The molecule has 1 aromatic rings. The number of nitrogens with two attached hydrogens (primary N) is 1. The van der Waals surface area contributed by atoms with Gasteiger partial charge in [-0.3, -0.25) is 9.78 Å². The normalized spacial score (nSPS) is 12.4. The highest BCUT2D eigenvalue weighted by Crippen LogP contribution is 2.12. The molecule has 0 fully saturated rings. The summed E-state index contributed by atoms with van der Waals surface area (Å²) in [5, 5.41) is 3.27. The average Bonchev–Trinajstić information content (AvgIpc) is 2.34. The average molecular weight is 251 g/mol. The zero-order valence-electron chi connectivity index (χ0n) is 11.1. The van der Waals surface area contributed by atoms with Crippen LogP contribution in [0, 0.1) is 0 Å². The summed E-state index contributed by atoms with van der Waals surface area (Å²) < 4.78 is 5.45. The molecule has 1 unspecified atom stereocenters. The number of primary amides is 1. The van der Waals surface area contributed by atoms with Crippen molar-refractivity contribution in [3.05, 3.63) is 24.0 Å². The number of ether oxygens (including phenoxy) is 1. The Balaban J connectivity index is 2.57. The van der Waals surface area contributed by atoms with Crippen molar-refractivity contribution in [2.24, 2.45) is 5.73 Å². The van der Waals surface area contributed by atoms with Gasteiger partial charge in [0.25, 0.3) is 5.91 Å². The number of nitrogens with zero attached hydrogens (tertiary/aromatic N) is 1. The van der Waals surface area contributed by atoms with Gasteiger partial charge in [-0.25, -0.2) is 0 Å². The molecule has 1 aromatic heterocycles. The standard InChI is InChI=1S/C13H21N3O2/c1-4-12(13(14)17)18-11-6-5-10(16-8-11)7-15-9(2)3/h5-6,8-9,12,15H,4,7H2,1-3H3,(H2,14,17). The Morgan fingerprint density at radius 3 is 2.67 bits per heavy atom. The third-order valence-corrected chi connectivity index (χ3v) is 2.46. The van der Waals surface area contributed by atoms with Crippen LogP contribution in [-0.4, -0.2) is 23.0 Å². The third-order valence-electron chi connectivity index (χ3n) is 2.46. The first-order valence-electron chi connectivity index (χ1n) is 6.17. The van der Waals surface area contributed by atoms with E-state index in [0.717, 1.165) is 5.69 Å². The fourth-order valence-electron chi connectivity index (χ4n) is 1.40. The molecule has 3 N–H and O–H groups in total. The molecule has 5 nitrogen and oxygen atoms in total. The minimum atomic E-state index is -0.591. The summed E-state index contributed by atoms with van der Waals surface area (Å²) in [6.45, 7) is 6.72. The zero-order chi connectivity index (χ0) is 13.5. The second-order valence-corrected chi connectivity index (χ2v) is 4.44. The van der Waals surface area contributed by atoms with Gasteiger partial charge >= 0.3 is 0 Å². The van der Waals surface area contributed by atoms with E-state index < -0.39 is 12.0 Å². The first kappa shape index (κ1) is 14.4. The Hall–Kier alpha value is -1.62. The van der Waals surface area contributed by atoms with Crippen LogP contribution < -0.4 is 15.8 Å². The molecule has 100 valence electrons. The Bertz CT molecular complexity index is 376. The van der Waals surface area contributed by atoms with Crippen molar-refractivity contribution in [3.8, 4) is 5.75 Å². The molecular formula is C13H21N3O2. The molecule has 1 atom stereocenters. The number of nitrogens with one attached hydrogen (secondary N) is 1. The summed E-state index contributed by atoms with van der Waals surface area (Å²) in [7, 11) is 0. The van der Waals surface area contributed by atoms with Crippen LogP contribution in [-0.2, 0) is 11.3 Å². The highest BCUT2D eigenvalue weighted by molar-refractivity contribution is 5.79. The lowest BCUT2D eigenvalue weighted by molar-refractivity contribution is -0.124. The van der Waals surface area contributed by atoms with Crippen LogP contribution in [0.25, 0.3) is 0 Å². The maximum atomic E-state index is 11.0. The Labute approximate surface area is 108 Å². The number of aromatic nitrogens is 1. The fourth-order valence-corrected chi connectivity index (χ4v) is 1.40. The number of rotatable bonds is 7. The van der Waals surface area contributed by atoms with Crippen LogP contribution in [0.5, 0.6) is 5.75 Å². The van der Waals surface area contributed by atoms with Crippen molar-refractivity contribution < 1.29 is 9.53 Å².